The molecule has 1 N–H and O–H groups in total. The zero-order valence-corrected chi connectivity index (χ0v) is 16.5. The Morgan fingerprint density at radius 3 is 2.68 bits per heavy atom. The summed E-state index contributed by atoms with van der Waals surface area (Å²) in [7, 11) is 0. The third-order valence-electron chi connectivity index (χ3n) is 4.87. The summed E-state index contributed by atoms with van der Waals surface area (Å²) in [5.41, 5.74) is 0. The maximum atomic E-state index is 12.2. The molecule has 2 aliphatic carbocycles. The van der Waals surface area contributed by atoms with Gasteiger partial charge in [-0.15, -0.1) is 10.2 Å². The van der Waals surface area contributed by atoms with Crippen molar-refractivity contribution >= 4 is 40.0 Å². The number of rotatable bonds is 7. The highest BCUT2D eigenvalue weighted by atomic mass is 32.2. The maximum Gasteiger partial charge on any atom is 0.230 e. The van der Waals surface area contributed by atoms with E-state index in [9.17, 15) is 9.59 Å². The molecule has 0 aliphatic heterocycles. The lowest BCUT2D eigenvalue weighted by atomic mass is 9.86. The van der Waals surface area contributed by atoms with Crippen LogP contribution < -0.4 is 10.2 Å². The topological polar surface area (TPSA) is 75.2 Å². The van der Waals surface area contributed by atoms with Crippen LogP contribution in [-0.4, -0.2) is 39.8 Å². The van der Waals surface area contributed by atoms with Gasteiger partial charge in [-0.1, -0.05) is 49.8 Å². The SMILES string of the molecule is CCC(=O)N(c1nnc(SCC(=O)N[C@@H]2CCCC[C@@H]2C)s1)C1CC1. The first kappa shape index (κ1) is 18.6. The molecule has 1 aromatic heterocycles. The third-order valence-corrected chi connectivity index (χ3v) is 6.93. The van der Waals surface area contributed by atoms with Crippen LogP contribution in [0.3, 0.4) is 0 Å². The number of amides is 2. The van der Waals surface area contributed by atoms with Crippen molar-refractivity contribution in [3.63, 3.8) is 0 Å². The van der Waals surface area contributed by atoms with Gasteiger partial charge in [-0.3, -0.25) is 14.5 Å². The van der Waals surface area contributed by atoms with Crippen LogP contribution in [0.25, 0.3) is 0 Å². The Hall–Kier alpha value is -1.15. The molecule has 138 valence electrons. The summed E-state index contributed by atoms with van der Waals surface area (Å²) >= 11 is 2.81. The van der Waals surface area contributed by atoms with E-state index >= 15 is 0 Å². The van der Waals surface area contributed by atoms with Crippen molar-refractivity contribution in [2.45, 2.75) is 75.2 Å². The molecule has 2 amide bonds. The molecule has 0 unspecified atom stereocenters. The van der Waals surface area contributed by atoms with Crippen molar-refractivity contribution in [2.75, 3.05) is 10.7 Å². The lowest BCUT2D eigenvalue weighted by Crippen LogP contribution is -2.41. The fourth-order valence-corrected chi connectivity index (χ4v) is 4.98. The number of hydrogen-bond acceptors (Lipinski definition) is 6. The lowest BCUT2D eigenvalue weighted by Gasteiger charge is -2.29. The van der Waals surface area contributed by atoms with E-state index in [0.717, 1.165) is 23.6 Å². The molecule has 0 bridgehead atoms. The van der Waals surface area contributed by atoms with Crippen LogP contribution in [0.5, 0.6) is 0 Å². The summed E-state index contributed by atoms with van der Waals surface area (Å²) in [5.74, 6) is 1.06. The predicted octanol–water partition coefficient (Wildman–Crippen LogP) is 3.23. The summed E-state index contributed by atoms with van der Waals surface area (Å²) in [6.07, 6.45) is 7.29. The Kier molecular flexibility index (Phi) is 6.33. The minimum Gasteiger partial charge on any atom is -0.352 e. The molecule has 3 rings (SSSR count). The van der Waals surface area contributed by atoms with Crippen LogP contribution in [0.15, 0.2) is 4.34 Å². The number of thioether (sulfide) groups is 1. The minimum absolute atomic E-state index is 0.0594. The molecule has 6 nitrogen and oxygen atoms in total. The maximum absolute atomic E-state index is 12.2. The van der Waals surface area contributed by atoms with E-state index in [2.05, 4.69) is 22.4 Å². The fourth-order valence-electron chi connectivity index (χ4n) is 3.23. The summed E-state index contributed by atoms with van der Waals surface area (Å²) in [6, 6.07) is 0.591. The van der Waals surface area contributed by atoms with Gasteiger partial charge in [0.25, 0.3) is 0 Å². The Labute approximate surface area is 157 Å². The molecule has 0 radical (unpaired) electrons. The van der Waals surface area contributed by atoms with Crippen LogP contribution in [-0.2, 0) is 9.59 Å². The number of anilines is 1. The molecule has 1 heterocycles. The Bertz CT molecular complexity index is 618. The zero-order valence-electron chi connectivity index (χ0n) is 14.9. The molecule has 2 atom stereocenters. The van der Waals surface area contributed by atoms with Crippen molar-refractivity contribution in [3.05, 3.63) is 0 Å². The fraction of sp³-hybridized carbons (Fsp3) is 0.765. The number of aromatic nitrogens is 2. The van der Waals surface area contributed by atoms with E-state index in [4.69, 9.17) is 0 Å². The molecule has 1 aromatic rings. The first-order valence-electron chi connectivity index (χ1n) is 9.16. The predicted molar refractivity (Wildman–Crippen MR) is 101 cm³/mol. The van der Waals surface area contributed by atoms with Gasteiger partial charge in [-0.05, 0) is 31.6 Å². The molecule has 2 saturated carbocycles. The van der Waals surface area contributed by atoms with Gasteiger partial charge in [0.1, 0.15) is 0 Å². The Morgan fingerprint density at radius 2 is 2.00 bits per heavy atom. The van der Waals surface area contributed by atoms with E-state index < -0.39 is 0 Å². The average Bonchev–Trinajstić information content (AvgIpc) is 3.33. The summed E-state index contributed by atoms with van der Waals surface area (Å²) in [4.78, 5) is 26.1. The second-order valence-corrected chi connectivity index (χ2v) is 9.10. The molecule has 2 aliphatic rings. The summed E-state index contributed by atoms with van der Waals surface area (Å²) in [6.45, 7) is 4.08. The smallest absolute Gasteiger partial charge is 0.230 e. The molecule has 0 spiro atoms. The van der Waals surface area contributed by atoms with Crippen LogP contribution in [0.2, 0.25) is 0 Å². The van der Waals surface area contributed by atoms with Crippen molar-refractivity contribution in [3.8, 4) is 0 Å². The first-order chi connectivity index (χ1) is 12.1. The van der Waals surface area contributed by atoms with Crippen LogP contribution in [0.1, 0.15) is 58.8 Å². The lowest BCUT2D eigenvalue weighted by molar-refractivity contribution is -0.120. The molecule has 0 saturated heterocycles. The monoisotopic (exact) mass is 382 g/mol. The van der Waals surface area contributed by atoms with Crippen LogP contribution in [0, 0.1) is 5.92 Å². The highest BCUT2D eigenvalue weighted by Gasteiger charge is 2.35. The van der Waals surface area contributed by atoms with Crippen LogP contribution >= 0.6 is 23.1 Å². The molecule has 25 heavy (non-hydrogen) atoms. The van der Waals surface area contributed by atoms with E-state index in [1.54, 1.807) is 4.90 Å². The van der Waals surface area contributed by atoms with Crippen molar-refractivity contribution in [1.29, 1.82) is 0 Å². The molecule has 2 fully saturated rings. The van der Waals surface area contributed by atoms with E-state index in [0.29, 0.717) is 29.3 Å². The van der Waals surface area contributed by atoms with Crippen LogP contribution in [0.4, 0.5) is 5.13 Å². The highest BCUT2D eigenvalue weighted by molar-refractivity contribution is 8.01. The summed E-state index contributed by atoms with van der Waals surface area (Å²) in [5, 5.41) is 12.1. The van der Waals surface area contributed by atoms with Gasteiger partial charge in [0.15, 0.2) is 4.34 Å². The number of carbonyl (C=O) groups is 2. The Morgan fingerprint density at radius 1 is 1.24 bits per heavy atom. The molecular weight excluding hydrogens is 356 g/mol. The molecule has 0 aromatic carbocycles. The molecular formula is C17H26N4O2S2. The van der Waals surface area contributed by atoms with Gasteiger partial charge in [0.05, 0.1) is 5.75 Å². The number of carbonyl (C=O) groups excluding carboxylic acids is 2. The quantitative estimate of drug-likeness (QED) is 0.579. The van der Waals surface area contributed by atoms with Crippen molar-refractivity contribution in [2.24, 2.45) is 5.92 Å². The van der Waals surface area contributed by atoms with Gasteiger partial charge >= 0.3 is 0 Å². The Balaban J connectivity index is 1.51. The normalized spacial score (nSPS) is 23.3. The van der Waals surface area contributed by atoms with Gasteiger partial charge in [-0.2, -0.15) is 0 Å². The number of hydrogen-bond donors (Lipinski definition) is 1. The second kappa shape index (κ2) is 8.49. The highest BCUT2D eigenvalue weighted by Crippen LogP contribution is 2.36. The zero-order chi connectivity index (χ0) is 17.8. The van der Waals surface area contributed by atoms with Crippen molar-refractivity contribution in [1.82, 2.24) is 15.5 Å². The second-order valence-electron chi connectivity index (χ2n) is 6.92. The first-order valence-corrected chi connectivity index (χ1v) is 11.0. The van der Waals surface area contributed by atoms with Gasteiger partial charge < -0.3 is 5.32 Å². The van der Waals surface area contributed by atoms with E-state index in [1.165, 1.54) is 42.4 Å². The summed E-state index contributed by atoms with van der Waals surface area (Å²) < 4.78 is 0.747. The standard InChI is InChI=1S/C17H26N4O2S2/c1-3-15(23)21(12-8-9-12)16-19-20-17(25-16)24-10-14(22)18-13-7-5-4-6-11(13)2/h11-13H,3-10H2,1-2H3,(H,18,22)/t11-,13+/m0/s1. The minimum atomic E-state index is 0.0594. The largest absolute Gasteiger partial charge is 0.352 e. The van der Waals surface area contributed by atoms with Gasteiger partial charge in [-0.25, -0.2) is 0 Å². The van der Waals surface area contributed by atoms with Gasteiger partial charge in [0, 0.05) is 18.5 Å². The number of nitrogens with one attached hydrogen (secondary N) is 1. The van der Waals surface area contributed by atoms with E-state index in [1.807, 2.05) is 6.92 Å². The van der Waals surface area contributed by atoms with Crippen molar-refractivity contribution < 1.29 is 9.59 Å². The van der Waals surface area contributed by atoms with Gasteiger partial charge in [0.2, 0.25) is 16.9 Å². The number of nitrogens with zero attached hydrogens (tertiary/aromatic N) is 3. The molecule has 8 heteroatoms. The third kappa shape index (κ3) is 4.94. The van der Waals surface area contributed by atoms with E-state index in [-0.39, 0.29) is 17.9 Å². The average molecular weight is 383 g/mol.